The van der Waals surface area contributed by atoms with E-state index >= 15 is 0 Å². The Morgan fingerprint density at radius 3 is 2.68 bits per heavy atom. The molecule has 1 aliphatic carbocycles. The van der Waals surface area contributed by atoms with Crippen LogP contribution in [0.4, 0.5) is 0 Å². The van der Waals surface area contributed by atoms with Gasteiger partial charge in [-0.1, -0.05) is 6.92 Å². The summed E-state index contributed by atoms with van der Waals surface area (Å²) in [5.74, 6) is 3.51. The van der Waals surface area contributed by atoms with Crippen LogP contribution in [0.5, 0.6) is 0 Å². The number of aryl methyl sites for hydroxylation is 1. The fraction of sp³-hybridized carbons (Fsp3) is 0.833. The molecule has 0 amide bonds. The molecule has 1 unspecified atom stereocenters. The molecule has 2 aliphatic rings. The van der Waals surface area contributed by atoms with Gasteiger partial charge in [0.15, 0.2) is 11.8 Å². The van der Waals surface area contributed by atoms with Crippen molar-refractivity contribution in [1.82, 2.24) is 25.4 Å². The van der Waals surface area contributed by atoms with Gasteiger partial charge in [0.25, 0.3) is 0 Å². The highest BCUT2D eigenvalue weighted by atomic mass is 16.5. The smallest absolute Gasteiger partial charge is 0.192 e. The van der Waals surface area contributed by atoms with E-state index < -0.39 is 0 Å². The van der Waals surface area contributed by atoms with Crippen molar-refractivity contribution in [3.8, 4) is 0 Å². The summed E-state index contributed by atoms with van der Waals surface area (Å²) in [5, 5.41) is 15.4. The predicted octanol–water partition coefficient (Wildman–Crippen LogP) is 1.92. The van der Waals surface area contributed by atoms with Gasteiger partial charge in [0, 0.05) is 26.2 Å². The van der Waals surface area contributed by atoms with Crippen molar-refractivity contribution in [3.05, 3.63) is 11.6 Å². The summed E-state index contributed by atoms with van der Waals surface area (Å²) in [6.45, 7) is 6.52. The Labute approximate surface area is 150 Å². The van der Waals surface area contributed by atoms with Crippen molar-refractivity contribution in [2.24, 2.45) is 18.0 Å². The van der Waals surface area contributed by atoms with E-state index in [4.69, 9.17) is 9.73 Å². The maximum Gasteiger partial charge on any atom is 0.192 e. The molecule has 3 rings (SSSR count). The number of aliphatic imine (C=N–C) groups is 1. The average Bonchev–Trinajstić information content (AvgIpc) is 3.24. The van der Waals surface area contributed by atoms with Crippen LogP contribution in [0.25, 0.3) is 0 Å². The van der Waals surface area contributed by atoms with Gasteiger partial charge in [-0.05, 0) is 51.4 Å². The van der Waals surface area contributed by atoms with Crippen molar-refractivity contribution >= 4 is 5.96 Å². The SMILES string of the molecule is Cc1nnc(CN=C(NCC2CCCO2)NC2CCC(C)CC2)n1C. The molecule has 1 atom stereocenters. The Hall–Kier alpha value is -1.63. The molecule has 1 aromatic rings. The number of nitrogens with one attached hydrogen (secondary N) is 2. The van der Waals surface area contributed by atoms with Crippen molar-refractivity contribution in [3.63, 3.8) is 0 Å². The van der Waals surface area contributed by atoms with E-state index in [2.05, 4.69) is 27.8 Å². The van der Waals surface area contributed by atoms with Crippen LogP contribution in [0.2, 0.25) is 0 Å². The third-order valence-corrected chi connectivity index (χ3v) is 5.44. The molecule has 7 nitrogen and oxygen atoms in total. The molecule has 0 radical (unpaired) electrons. The van der Waals surface area contributed by atoms with Gasteiger partial charge in [0.2, 0.25) is 0 Å². The van der Waals surface area contributed by atoms with Crippen LogP contribution in [0, 0.1) is 12.8 Å². The van der Waals surface area contributed by atoms with Crippen LogP contribution < -0.4 is 10.6 Å². The molecule has 1 aromatic heterocycles. The predicted molar refractivity (Wildman–Crippen MR) is 98.4 cm³/mol. The van der Waals surface area contributed by atoms with E-state index in [9.17, 15) is 0 Å². The zero-order valence-corrected chi connectivity index (χ0v) is 15.8. The van der Waals surface area contributed by atoms with Crippen LogP contribution in [0.3, 0.4) is 0 Å². The highest BCUT2D eigenvalue weighted by Crippen LogP contribution is 2.23. The van der Waals surface area contributed by atoms with E-state index in [-0.39, 0.29) is 0 Å². The molecule has 0 bridgehead atoms. The van der Waals surface area contributed by atoms with Crippen LogP contribution >= 0.6 is 0 Å². The second kappa shape index (κ2) is 8.65. The van der Waals surface area contributed by atoms with Gasteiger partial charge in [-0.15, -0.1) is 10.2 Å². The summed E-state index contributed by atoms with van der Waals surface area (Å²) in [4.78, 5) is 4.76. The Morgan fingerprint density at radius 1 is 1.24 bits per heavy atom. The molecular formula is C18H32N6O. The standard InChI is InChI=1S/C18H32N6O/c1-13-6-8-15(9-7-13)21-18(19-11-16-5-4-10-25-16)20-12-17-23-22-14(2)24(17)3/h13,15-16H,4-12H2,1-3H3,(H2,19,20,21). The maximum atomic E-state index is 5.72. The fourth-order valence-electron chi connectivity index (χ4n) is 3.50. The number of nitrogens with zero attached hydrogens (tertiary/aromatic N) is 4. The lowest BCUT2D eigenvalue weighted by atomic mass is 9.87. The first-order chi connectivity index (χ1) is 12.1. The first-order valence-electron chi connectivity index (χ1n) is 9.63. The molecule has 2 fully saturated rings. The zero-order chi connectivity index (χ0) is 17.6. The summed E-state index contributed by atoms with van der Waals surface area (Å²) >= 11 is 0. The van der Waals surface area contributed by atoms with Gasteiger partial charge in [-0.3, -0.25) is 0 Å². The van der Waals surface area contributed by atoms with Gasteiger partial charge >= 0.3 is 0 Å². The fourth-order valence-corrected chi connectivity index (χ4v) is 3.50. The number of ether oxygens (including phenoxy) is 1. The van der Waals surface area contributed by atoms with E-state index in [0.717, 1.165) is 49.5 Å². The Bertz CT molecular complexity index is 570. The molecule has 1 saturated carbocycles. The lowest BCUT2D eigenvalue weighted by molar-refractivity contribution is 0.113. The molecule has 7 heteroatoms. The highest BCUT2D eigenvalue weighted by molar-refractivity contribution is 5.80. The third kappa shape index (κ3) is 5.17. The van der Waals surface area contributed by atoms with Crippen molar-refractivity contribution < 1.29 is 4.74 Å². The molecule has 1 saturated heterocycles. The van der Waals surface area contributed by atoms with E-state index in [1.807, 2.05) is 18.5 Å². The highest BCUT2D eigenvalue weighted by Gasteiger charge is 2.20. The van der Waals surface area contributed by atoms with Crippen molar-refractivity contribution in [2.45, 2.75) is 71.1 Å². The second-order valence-electron chi connectivity index (χ2n) is 7.50. The van der Waals surface area contributed by atoms with Gasteiger partial charge in [-0.25, -0.2) is 4.99 Å². The monoisotopic (exact) mass is 348 g/mol. The summed E-state index contributed by atoms with van der Waals surface area (Å²) in [6, 6.07) is 0.508. The van der Waals surface area contributed by atoms with Gasteiger partial charge < -0.3 is 19.9 Å². The van der Waals surface area contributed by atoms with E-state index in [1.165, 1.54) is 25.7 Å². The normalized spacial score (nSPS) is 27.5. The Balaban J connectivity index is 1.60. The minimum Gasteiger partial charge on any atom is -0.376 e. The van der Waals surface area contributed by atoms with Crippen LogP contribution in [-0.4, -0.2) is 46.0 Å². The van der Waals surface area contributed by atoms with Crippen molar-refractivity contribution in [2.75, 3.05) is 13.2 Å². The number of aromatic nitrogens is 3. The van der Waals surface area contributed by atoms with Crippen LogP contribution in [0.1, 0.15) is 57.1 Å². The first-order valence-corrected chi connectivity index (χ1v) is 9.63. The van der Waals surface area contributed by atoms with E-state index in [0.29, 0.717) is 18.7 Å². The lowest BCUT2D eigenvalue weighted by Gasteiger charge is -2.28. The molecule has 0 spiro atoms. The largest absolute Gasteiger partial charge is 0.376 e. The third-order valence-electron chi connectivity index (χ3n) is 5.44. The number of rotatable bonds is 5. The zero-order valence-electron chi connectivity index (χ0n) is 15.8. The molecule has 140 valence electrons. The summed E-state index contributed by atoms with van der Waals surface area (Å²) in [5.41, 5.74) is 0. The number of hydrogen-bond donors (Lipinski definition) is 2. The molecule has 1 aliphatic heterocycles. The Morgan fingerprint density at radius 2 is 2.04 bits per heavy atom. The van der Waals surface area contributed by atoms with Crippen LogP contribution in [-0.2, 0) is 18.3 Å². The molecular weight excluding hydrogens is 316 g/mol. The average molecular weight is 348 g/mol. The second-order valence-corrected chi connectivity index (χ2v) is 7.50. The van der Waals surface area contributed by atoms with Gasteiger partial charge in [-0.2, -0.15) is 0 Å². The maximum absolute atomic E-state index is 5.72. The number of hydrogen-bond acceptors (Lipinski definition) is 4. The minimum atomic E-state index is 0.301. The van der Waals surface area contributed by atoms with Gasteiger partial charge in [0.1, 0.15) is 12.4 Å². The summed E-state index contributed by atoms with van der Waals surface area (Å²) < 4.78 is 7.71. The first kappa shape index (κ1) is 18.2. The summed E-state index contributed by atoms with van der Waals surface area (Å²) in [7, 11) is 1.98. The Kier molecular flexibility index (Phi) is 6.29. The van der Waals surface area contributed by atoms with Crippen molar-refractivity contribution in [1.29, 1.82) is 0 Å². The van der Waals surface area contributed by atoms with E-state index in [1.54, 1.807) is 0 Å². The number of guanidine groups is 1. The molecule has 25 heavy (non-hydrogen) atoms. The molecule has 2 heterocycles. The minimum absolute atomic E-state index is 0.301. The van der Waals surface area contributed by atoms with Crippen LogP contribution in [0.15, 0.2) is 4.99 Å². The lowest BCUT2D eigenvalue weighted by Crippen LogP contribution is -2.46. The quantitative estimate of drug-likeness (QED) is 0.628. The molecule has 0 aromatic carbocycles. The topological polar surface area (TPSA) is 76.4 Å². The molecule has 2 N–H and O–H groups in total. The van der Waals surface area contributed by atoms with Gasteiger partial charge in [0.05, 0.1) is 6.10 Å². The summed E-state index contributed by atoms with van der Waals surface area (Å²) in [6.07, 6.45) is 7.60.